The molecule has 226 valence electrons. The number of furan rings is 1. The number of carbonyl (C=O) groups is 2. The Hall–Kier alpha value is -2.14. The molecule has 5 heterocycles. The van der Waals surface area contributed by atoms with Crippen LogP contribution in [-0.2, 0) is 33.4 Å². The van der Waals surface area contributed by atoms with E-state index in [-0.39, 0.29) is 48.7 Å². The summed E-state index contributed by atoms with van der Waals surface area (Å²) in [6.07, 6.45) is 4.20. The lowest BCUT2D eigenvalue weighted by Crippen LogP contribution is -2.72. The van der Waals surface area contributed by atoms with Gasteiger partial charge in [-0.2, -0.15) is 0 Å². The first kappa shape index (κ1) is 29.0. The van der Waals surface area contributed by atoms with E-state index in [1.165, 1.54) is 0 Å². The number of esters is 2. The maximum Gasteiger partial charge on any atom is 0.339 e. The fourth-order valence-corrected chi connectivity index (χ4v) is 9.84. The molecule has 0 aromatic carbocycles. The summed E-state index contributed by atoms with van der Waals surface area (Å²) < 4.78 is 30.8. The van der Waals surface area contributed by atoms with Gasteiger partial charge in [-0.3, -0.25) is 4.79 Å². The maximum atomic E-state index is 13.5. The Labute approximate surface area is 246 Å². The molecule has 0 unspecified atom stereocenters. The van der Waals surface area contributed by atoms with E-state index in [1.807, 2.05) is 20.2 Å². The van der Waals surface area contributed by atoms with Crippen molar-refractivity contribution in [3.63, 3.8) is 0 Å². The molecule has 0 amide bonds. The molecule has 1 aromatic rings. The van der Waals surface area contributed by atoms with Crippen LogP contribution in [0.2, 0.25) is 0 Å². The van der Waals surface area contributed by atoms with Crippen LogP contribution in [-0.4, -0.2) is 79.8 Å². The summed E-state index contributed by atoms with van der Waals surface area (Å²) in [6.45, 7) is 10.1. The molecule has 41 heavy (non-hydrogen) atoms. The van der Waals surface area contributed by atoms with Crippen molar-refractivity contribution < 1.29 is 37.8 Å². The second kappa shape index (κ2) is 9.18. The first-order chi connectivity index (χ1) is 18.9. The molecule has 2 aliphatic carbocycles. The van der Waals surface area contributed by atoms with E-state index in [9.17, 15) is 9.59 Å². The van der Waals surface area contributed by atoms with Gasteiger partial charge < -0.3 is 33.1 Å². The Bertz CT molecular complexity index is 1270. The lowest BCUT2D eigenvalue weighted by Gasteiger charge is -2.65. The van der Waals surface area contributed by atoms with Gasteiger partial charge in [-0.15, -0.1) is 12.4 Å². The normalized spacial score (nSPS) is 46.2. The largest absolute Gasteiger partial charge is 0.472 e. The van der Waals surface area contributed by atoms with Crippen LogP contribution in [0, 0.1) is 28.1 Å². The molecule has 11 heteroatoms. The summed E-state index contributed by atoms with van der Waals surface area (Å²) in [6, 6.07) is 1.87. The Morgan fingerprint density at radius 2 is 1.85 bits per heavy atom. The highest BCUT2D eigenvalue weighted by molar-refractivity contribution is 5.96. The number of nitrogens with zero attached hydrogens (tertiary/aromatic N) is 2. The van der Waals surface area contributed by atoms with Gasteiger partial charge >= 0.3 is 11.9 Å². The molecular formula is C30H41ClN2O8. The predicted octanol–water partition coefficient (Wildman–Crippen LogP) is 3.92. The van der Waals surface area contributed by atoms with Crippen LogP contribution >= 0.6 is 12.4 Å². The van der Waals surface area contributed by atoms with Gasteiger partial charge in [-0.25, -0.2) is 4.79 Å². The standard InChI is InChI=1S/C30H40N2O8.ClH/c1-26(2)19-13-20(31-37-12-10-32(5)6)28(4)18(29(19)16-36-22(33)14-21(29)39-26)7-9-27(3)23(17-8-11-35-15-17)38-25(34)24-30(27,28)40-24;/h8,11,15,18-19,21,23-24H,7,9-10,12-14,16H2,1-6H3;1H/b31-20-;/t18-,19-,21-,23-,24+,27-,28-,29+,30+;/m0./s1. The van der Waals surface area contributed by atoms with Gasteiger partial charge in [0.05, 0.1) is 36.4 Å². The van der Waals surface area contributed by atoms with Crippen molar-refractivity contribution in [3.05, 3.63) is 24.2 Å². The highest BCUT2D eigenvalue weighted by Crippen LogP contribution is 2.80. The molecular weight excluding hydrogens is 552 g/mol. The second-order valence-corrected chi connectivity index (χ2v) is 13.9. The number of oxime groups is 1. The summed E-state index contributed by atoms with van der Waals surface area (Å²) >= 11 is 0. The number of ether oxygens (including phenoxy) is 4. The van der Waals surface area contributed by atoms with Crippen LogP contribution in [0.3, 0.4) is 0 Å². The second-order valence-electron chi connectivity index (χ2n) is 13.9. The fraction of sp³-hybridized carbons (Fsp3) is 0.767. The van der Waals surface area contributed by atoms with E-state index < -0.39 is 39.7 Å². The maximum absolute atomic E-state index is 13.5. The lowest BCUT2D eigenvalue weighted by atomic mass is 9.37. The average molecular weight is 593 g/mol. The van der Waals surface area contributed by atoms with Crippen molar-refractivity contribution in [2.45, 2.75) is 82.9 Å². The van der Waals surface area contributed by atoms with E-state index in [0.717, 1.165) is 30.7 Å². The quantitative estimate of drug-likeness (QED) is 0.217. The summed E-state index contributed by atoms with van der Waals surface area (Å²) in [4.78, 5) is 34.1. The Morgan fingerprint density at radius 1 is 1.07 bits per heavy atom. The number of likely N-dealkylation sites (N-methyl/N-ethyl adjacent to an activating group) is 1. The first-order valence-corrected chi connectivity index (χ1v) is 14.5. The average Bonchev–Trinajstić information content (AvgIpc) is 3.37. The minimum Gasteiger partial charge on any atom is -0.472 e. The summed E-state index contributed by atoms with van der Waals surface area (Å²) in [5, 5.41) is 4.87. The van der Waals surface area contributed by atoms with Crippen LogP contribution in [0.1, 0.15) is 65.0 Å². The number of hydrogen-bond acceptors (Lipinski definition) is 10. The van der Waals surface area contributed by atoms with Crippen molar-refractivity contribution in [3.8, 4) is 0 Å². The fourth-order valence-electron chi connectivity index (χ4n) is 9.84. The zero-order valence-electron chi connectivity index (χ0n) is 24.6. The van der Waals surface area contributed by atoms with E-state index >= 15 is 0 Å². The van der Waals surface area contributed by atoms with E-state index in [1.54, 1.807) is 12.5 Å². The summed E-state index contributed by atoms with van der Waals surface area (Å²) in [5.74, 6) is -0.525. The van der Waals surface area contributed by atoms with Gasteiger partial charge in [-0.05, 0) is 59.2 Å². The topological polar surface area (TPSA) is 112 Å². The number of halogens is 1. The third-order valence-electron chi connectivity index (χ3n) is 11.6. The molecule has 2 saturated carbocycles. The van der Waals surface area contributed by atoms with Gasteiger partial charge in [0, 0.05) is 34.3 Å². The van der Waals surface area contributed by atoms with Crippen LogP contribution < -0.4 is 0 Å². The minimum absolute atomic E-state index is 0. The SMILES string of the molecule is CN(C)CCO/N=C1/C[C@H]2C(C)(C)O[C@H]3CC(=O)OC[C@]32[C@H]2CC[C@@]3(C)[C@H](c4ccoc4)OC(=O)[C@H]4O[C@]43[C@]12C.Cl. The number of epoxide rings is 1. The van der Waals surface area contributed by atoms with Gasteiger partial charge in [0.1, 0.15) is 24.9 Å². The van der Waals surface area contributed by atoms with Crippen molar-refractivity contribution in [2.75, 3.05) is 33.9 Å². The third-order valence-corrected chi connectivity index (χ3v) is 11.6. The van der Waals surface area contributed by atoms with E-state index in [2.05, 4.69) is 32.6 Å². The molecule has 6 fully saturated rings. The first-order valence-electron chi connectivity index (χ1n) is 14.5. The molecule has 4 saturated heterocycles. The molecule has 9 atom stereocenters. The highest BCUT2D eigenvalue weighted by atomic mass is 35.5. The molecule has 1 aromatic heterocycles. The molecule has 0 radical (unpaired) electrons. The number of hydrogen-bond donors (Lipinski definition) is 0. The molecule has 0 N–H and O–H groups in total. The van der Waals surface area contributed by atoms with Crippen molar-refractivity contribution in [2.24, 2.45) is 33.2 Å². The van der Waals surface area contributed by atoms with E-state index in [0.29, 0.717) is 19.6 Å². The lowest BCUT2D eigenvalue weighted by molar-refractivity contribution is -0.209. The van der Waals surface area contributed by atoms with Gasteiger partial charge in [0.15, 0.2) is 6.10 Å². The van der Waals surface area contributed by atoms with Gasteiger partial charge in [-0.1, -0.05) is 19.0 Å². The predicted molar refractivity (Wildman–Crippen MR) is 148 cm³/mol. The molecule has 6 aliphatic rings. The van der Waals surface area contributed by atoms with Gasteiger partial charge in [0.25, 0.3) is 0 Å². The minimum atomic E-state index is -0.859. The van der Waals surface area contributed by atoms with Crippen molar-refractivity contribution >= 4 is 30.1 Å². The molecule has 7 rings (SSSR count). The molecule has 0 bridgehead atoms. The number of rotatable bonds is 5. The number of cyclic esters (lactones) is 2. The molecule has 4 aliphatic heterocycles. The Kier molecular flexibility index (Phi) is 6.48. The van der Waals surface area contributed by atoms with Crippen LogP contribution in [0.5, 0.6) is 0 Å². The zero-order chi connectivity index (χ0) is 28.3. The van der Waals surface area contributed by atoms with Crippen LogP contribution in [0.25, 0.3) is 0 Å². The smallest absolute Gasteiger partial charge is 0.339 e. The van der Waals surface area contributed by atoms with Crippen molar-refractivity contribution in [1.29, 1.82) is 0 Å². The van der Waals surface area contributed by atoms with E-state index in [4.69, 9.17) is 33.4 Å². The summed E-state index contributed by atoms with van der Waals surface area (Å²) in [7, 11) is 4.00. The summed E-state index contributed by atoms with van der Waals surface area (Å²) in [5.41, 5.74) is -1.27. The zero-order valence-corrected chi connectivity index (χ0v) is 25.5. The van der Waals surface area contributed by atoms with Crippen LogP contribution in [0.4, 0.5) is 0 Å². The van der Waals surface area contributed by atoms with Crippen molar-refractivity contribution in [1.82, 2.24) is 4.90 Å². The number of fused-ring (bicyclic) bond motifs is 1. The number of carbonyl (C=O) groups excluding carboxylic acids is 2. The van der Waals surface area contributed by atoms with Gasteiger partial charge in [0.2, 0.25) is 0 Å². The Balaban J connectivity index is 0.00000302. The molecule has 2 spiro atoms. The Morgan fingerprint density at radius 3 is 2.56 bits per heavy atom. The molecule has 10 nitrogen and oxygen atoms in total. The highest BCUT2D eigenvalue weighted by Gasteiger charge is 2.89. The monoisotopic (exact) mass is 592 g/mol. The third kappa shape index (κ3) is 3.50. The van der Waals surface area contributed by atoms with Crippen LogP contribution in [0.15, 0.2) is 28.2 Å².